The van der Waals surface area contributed by atoms with Gasteiger partial charge in [0, 0.05) is 31.5 Å². The van der Waals surface area contributed by atoms with Crippen LogP contribution in [0.3, 0.4) is 0 Å². The Bertz CT molecular complexity index is 1110. The number of nitriles is 1. The number of carbonyl (C=O) groups excluding carboxylic acids is 1. The number of imidazole rings is 1. The SMILES string of the molecule is Cn1cc(C(=O)NC2CCC(Nc3cccc4nc(C(F)F)cn34)CC2)c(C#N)n1. The number of nitrogens with zero attached hydrogens (tertiary/aromatic N) is 5. The van der Waals surface area contributed by atoms with Gasteiger partial charge in [-0.2, -0.15) is 10.4 Å². The third kappa shape index (κ3) is 3.96. The van der Waals surface area contributed by atoms with E-state index in [0.29, 0.717) is 11.5 Å². The zero-order valence-electron chi connectivity index (χ0n) is 16.3. The van der Waals surface area contributed by atoms with E-state index in [0.717, 1.165) is 25.7 Å². The van der Waals surface area contributed by atoms with Gasteiger partial charge in [-0.15, -0.1) is 0 Å². The van der Waals surface area contributed by atoms with Crippen LogP contribution in [0.4, 0.5) is 14.6 Å². The second kappa shape index (κ2) is 8.10. The number of fused-ring (bicyclic) bond motifs is 1. The van der Waals surface area contributed by atoms with Crippen LogP contribution < -0.4 is 10.6 Å². The number of halogens is 2. The first-order valence-electron chi connectivity index (χ1n) is 9.72. The van der Waals surface area contributed by atoms with Gasteiger partial charge in [-0.1, -0.05) is 6.07 Å². The third-order valence-corrected chi connectivity index (χ3v) is 5.33. The van der Waals surface area contributed by atoms with Crippen LogP contribution in [0.1, 0.15) is 53.9 Å². The van der Waals surface area contributed by atoms with E-state index in [1.165, 1.54) is 10.9 Å². The molecule has 3 heterocycles. The smallest absolute Gasteiger partial charge is 0.281 e. The normalized spacial score (nSPS) is 19.0. The summed E-state index contributed by atoms with van der Waals surface area (Å²) in [6.45, 7) is 0. The maximum atomic E-state index is 13.0. The lowest BCUT2D eigenvalue weighted by atomic mass is 9.91. The molecule has 30 heavy (non-hydrogen) atoms. The fraction of sp³-hybridized carbons (Fsp3) is 0.400. The number of hydrogen-bond acceptors (Lipinski definition) is 5. The highest BCUT2D eigenvalue weighted by Crippen LogP contribution is 2.25. The van der Waals surface area contributed by atoms with Crippen LogP contribution in [0.15, 0.2) is 30.6 Å². The monoisotopic (exact) mass is 413 g/mol. The Morgan fingerprint density at radius 2 is 1.97 bits per heavy atom. The van der Waals surface area contributed by atoms with Gasteiger partial charge in [0.1, 0.15) is 23.2 Å². The standard InChI is InChI=1S/C20H21F2N7O/c1-28-10-14(15(9-23)27-28)20(30)25-13-7-5-12(6-8-13)24-17-3-2-4-18-26-16(19(21)22)11-29(17)18/h2-4,10-13,19,24H,5-8H2,1H3,(H,25,30). The lowest BCUT2D eigenvalue weighted by Crippen LogP contribution is -2.40. The number of rotatable bonds is 5. The van der Waals surface area contributed by atoms with Crippen LogP contribution in [-0.4, -0.2) is 37.2 Å². The van der Waals surface area contributed by atoms with Crippen molar-refractivity contribution in [1.29, 1.82) is 5.26 Å². The molecule has 10 heteroatoms. The molecule has 1 fully saturated rings. The van der Waals surface area contributed by atoms with Crippen LogP contribution in [0.5, 0.6) is 0 Å². The number of aromatic nitrogens is 4. The summed E-state index contributed by atoms with van der Waals surface area (Å²) in [5.74, 6) is 0.423. The van der Waals surface area contributed by atoms with Gasteiger partial charge in [0.2, 0.25) is 0 Å². The number of alkyl halides is 2. The fourth-order valence-electron chi connectivity index (χ4n) is 3.84. The molecule has 156 valence electrons. The Labute approximate surface area is 171 Å². The van der Waals surface area contributed by atoms with Crippen LogP contribution in [0.25, 0.3) is 5.65 Å². The Kier molecular flexibility index (Phi) is 5.35. The maximum absolute atomic E-state index is 13.0. The quantitative estimate of drug-likeness (QED) is 0.670. The molecule has 3 aromatic heterocycles. The molecule has 4 rings (SSSR count). The molecule has 0 unspecified atom stereocenters. The summed E-state index contributed by atoms with van der Waals surface area (Å²) in [4.78, 5) is 16.4. The molecule has 3 aromatic rings. The van der Waals surface area contributed by atoms with E-state index in [4.69, 9.17) is 5.26 Å². The number of anilines is 1. The van der Waals surface area contributed by atoms with E-state index in [9.17, 15) is 13.6 Å². The molecule has 1 aliphatic carbocycles. The first kappa shape index (κ1) is 19.8. The van der Waals surface area contributed by atoms with E-state index in [2.05, 4.69) is 20.7 Å². The van der Waals surface area contributed by atoms with Crippen molar-refractivity contribution in [3.8, 4) is 6.07 Å². The molecule has 1 amide bonds. The van der Waals surface area contributed by atoms with Crippen molar-refractivity contribution in [3.05, 3.63) is 47.5 Å². The predicted molar refractivity (Wildman–Crippen MR) is 105 cm³/mol. The topological polar surface area (TPSA) is 100 Å². The lowest BCUT2D eigenvalue weighted by Gasteiger charge is -2.30. The number of amides is 1. The van der Waals surface area contributed by atoms with Crippen molar-refractivity contribution in [2.45, 2.75) is 44.2 Å². The Morgan fingerprint density at radius 1 is 1.23 bits per heavy atom. The summed E-state index contributed by atoms with van der Waals surface area (Å²) in [6.07, 6.45) is 3.46. The molecule has 1 aliphatic rings. The molecule has 0 radical (unpaired) electrons. The lowest BCUT2D eigenvalue weighted by molar-refractivity contribution is 0.0926. The zero-order chi connectivity index (χ0) is 21.3. The van der Waals surface area contributed by atoms with Crippen molar-refractivity contribution in [1.82, 2.24) is 24.5 Å². The van der Waals surface area contributed by atoms with Crippen LogP contribution in [-0.2, 0) is 7.05 Å². The molecule has 0 spiro atoms. The van der Waals surface area contributed by atoms with Gasteiger partial charge in [0.15, 0.2) is 5.69 Å². The minimum absolute atomic E-state index is 0.0109. The van der Waals surface area contributed by atoms with Crippen LogP contribution in [0.2, 0.25) is 0 Å². The first-order valence-corrected chi connectivity index (χ1v) is 9.72. The summed E-state index contributed by atoms with van der Waals surface area (Å²) >= 11 is 0. The fourth-order valence-corrected chi connectivity index (χ4v) is 3.84. The number of pyridine rings is 1. The summed E-state index contributed by atoms with van der Waals surface area (Å²) < 4.78 is 29.0. The molecule has 0 aliphatic heterocycles. The molecule has 1 saturated carbocycles. The average Bonchev–Trinajstić information content (AvgIpc) is 3.33. The highest BCUT2D eigenvalue weighted by atomic mass is 19.3. The second-order valence-electron chi connectivity index (χ2n) is 7.45. The van der Waals surface area contributed by atoms with E-state index in [1.807, 2.05) is 12.1 Å². The second-order valence-corrected chi connectivity index (χ2v) is 7.45. The number of aryl methyl sites for hydroxylation is 1. The van der Waals surface area contributed by atoms with Gasteiger partial charge in [-0.25, -0.2) is 13.8 Å². The van der Waals surface area contributed by atoms with Gasteiger partial charge < -0.3 is 10.6 Å². The van der Waals surface area contributed by atoms with Crippen molar-refractivity contribution in [2.75, 3.05) is 5.32 Å². The molecule has 0 saturated heterocycles. The van der Waals surface area contributed by atoms with Gasteiger partial charge in [0.25, 0.3) is 12.3 Å². The minimum atomic E-state index is -2.61. The minimum Gasteiger partial charge on any atom is -0.368 e. The van der Waals surface area contributed by atoms with Crippen molar-refractivity contribution in [2.24, 2.45) is 7.05 Å². The summed E-state index contributed by atoms with van der Waals surface area (Å²) in [7, 11) is 1.67. The highest BCUT2D eigenvalue weighted by Gasteiger charge is 2.25. The number of hydrogen-bond donors (Lipinski definition) is 2. The maximum Gasteiger partial charge on any atom is 0.281 e. The number of carbonyl (C=O) groups is 1. The summed E-state index contributed by atoms with van der Waals surface area (Å²) in [6, 6.07) is 7.42. The summed E-state index contributed by atoms with van der Waals surface area (Å²) in [5.41, 5.74) is 0.618. The van der Waals surface area contributed by atoms with E-state index in [-0.39, 0.29) is 34.9 Å². The van der Waals surface area contributed by atoms with E-state index < -0.39 is 6.43 Å². The molecule has 0 bridgehead atoms. The van der Waals surface area contributed by atoms with Crippen LogP contribution >= 0.6 is 0 Å². The summed E-state index contributed by atoms with van der Waals surface area (Å²) in [5, 5.41) is 19.5. The number of nitrogens with one attached hydrogen (secondary N) is 2. The van der Waals surface area contributed by atoms with Gasteiger partial charge in [-0.05, 0) is 37.8 Å². The van der Waals surface area contributed by atoms with Crippen molar-refractivity contribution >= 4 is 17.4 Å². The van der Waals surface area contributed by atoms with E-state index >= 15 is 0 Å². The Morgan fingerprint density at radius 3 is 2.67 bits per heavy atom. The first-order chi connectivity index (χ1) is 14.4. The Balaban J connectivity index is 1.37. The van der Waals surface area contributed by atoms with E-state index in [1.54, 1.807) is 29.8 Å². The molecular formula is C20H21F2N7O. The molecule has 8 nitrogen and oxygen atoms in total. The molecule has 2 N–H and O–H groups in total. The third-order valence-electron chi connectivity index (χ3n) is 5.33. The van der Waals surface area contributed by atoms with Gasteiger partial charge in [-0.3, -0.25) is 13.9 Å². The zero-order valence-corrected chi connectivity index (χ0v) is 16.3. The van der Waals surface area contributed by atoms with Crippen molar-refractivity contribution < 1.29 is 13.6 Å². The molecule has 0 aromatic carbocycles. The van der Waals surface area contributed by atoms with Gasteiger partial charge in [0.05, 0.1) is 5.56 Å². The largest absolute Gasteiger partial charge is 0.368 e. The Hall–Kier alpha value is -3.48. The van der Waals surface area contributed by atoms with Crippen LogP contribution in [0, 0.1) is 11.3 Å². The molecule has 0 atom stereocenters. The van der Waals surface area contributed by atoms with Gasteiger partial charge >= 0.3 is 0 Å². The predicted octanol–water partition coefficient (Wildman–Crippen LogP) is 3.03. The molecular weight excluding hydrogens is 392 g/mol. The average molecular weight is 413 g/mol. The highest BCUT2D eigenvalue weighted by molar-refractivity contribution is 5.96. The van der Waals surface area contributed by atoms with Crippen molar-refractivity contribution in [3.63, 3.8) is 0 Å².